The number of hydrogen-bond donors (Lipinski definition) is 1. The van der Waals surface area contributed by atoms with Gasteiger partial charge in [-0.2, -0.15) is 0 Å². The van der Waals surface area contributed by atoms with Gasteiger partial charge in [0, 0.05) is 11.3 Å². The van der Waals surface area contributed by atoms with E-state index in [9.17, 15) is 9.90 Å². The van der Waals surface area contributed by atoms with E-state index in [4.69, 9.17) is 4.74 Å². The van der Waals surface area contributed by atoms with Crippen LogP contribution in [0, 0.1) is 16.7 Å². The van der Waals surface area contributed by atoms with Gasteiger partial charge in [0.2, 0.25) is 0 Å². The maximum absolute atomic E-state index is 11.9. The molecule has 0 spiro atoms. The summed E-state index contributed by atoms with van der Waals surface area (Å²) >= 11 is 0. The summed E-state index contributed by atoms with van der Waals surface area (Å²) in [7, 11) is 0. The van der Waals surface area contributed by atoms with Gasteiger partial charge >= 0.3 is 5.97 Å². The third kappa shape index (κ3) is 1.20. The molecule has 1 N–H and O–H groups in total. The molecule has 100 valence electrons. The van der Waals surface area contributed by atoms with Gasteiger partial charge in [0.1, 0.15) is 6.10 Å². The standard InChI is InChI=1S/C14H21NO3/c1-7(16)9-12(17)18-11-10(15-9)8-5-6-14(11,4)13(8,2)3/h7-9,11,16H,5-6H2,1-4H3/t7-,8-,9-,11?,14+/m1/s1. The fourth-order valence-corrected chi connectivity index (χ4v) is 4.07. The van der Waals surface area contributed by atoms with Crippen molar-refractivity contribution in [1.29, 1.82) is 0 Å². The normalized spacial score (nSPS) is 46.4. The second-order valence-electron chi connectivity index (χ2n) is 6.79. The number of aliphatic hydroxyl groups is 1. The minimum absolute atomic E-state index is 0.00414. The summed E-state index contributed by atoms with van der Waals surface area (Å²) in [5.74, 6) is 0.0187. The number of fused-ring (bicyclic) bond motifs is 5. The van der Waals surface area contributed by atoms with Crippen LogP contribution in [0.1, 0.15) is 40.5 Å². The number of carbonyl (C=O) groups excluding carboxylic acids is 1. The van der Waals surface area contributed by atoms with Crippen LogP contribution in [-0.2, 0) is 9.53 Å². The van der Waals surface area contributed by atoms with E-state index in [2.05, 4.69) is 25.8 Å². The molecule has 0 saturated heterocycles. The van der Waals surface area contributed by atoms with Crippen molar-refractivity contribution in [3.8, 4) is 0 Å². The van der Waals surface area contributed by atoms with E-state index >= 15 is 0 Å². The van der Waals surface area contributed by atoms with Gasteiger partial charge in [0.05, 0.1) is 11.8 Å². The highest BCUT2D eigenvalue weighted by molar-refractivity contribution is 6.01. The molecule has 0 aromatic carbocycles. The fourth-order valence-electron chi connectivity index (χ4n) is 4.07. The first-order valence-corrected chi connectivity index (χ1v) is 6.75. The van der Waals surface area contributed by atoms with Gasteiger partial charge in [0.15, 0.2) is 6.04 Å². The summed E-state index contributed by atoms with van der Waals surface area (Å²) in [5, 5.41) is 9.62. The van der Waals surface area contributed by atoms with E-state index in [0.717, 1.165) is 18.6 Å². The molecule has 4 nitrogen and oxygen atoms in total. The Balaban J connectivity index is 2.07. The summed E-state index contributed by atoms with van der Waals surface area (Å²) in [5.41, 5.74) is 1.12. The summed E-state index contributed by atoms with van der Waals surface area (Å²) in [6.45, 7) is 8.29. The lowest BCUT2D eigenvalue weighted by Crippen LogP contribution is -2.48. The van der Waals surface area contributed by atoms with Crippen LogP contribution in [0.15, 0.2) is 4.99 Å². The second-order valence-corrected chi connectivity index (χ2v) is 6.79. The third-order valence-electron chi connectivity index (χ3n) is 5.72. The topological polar surface area (TPSA) is 58.9 Å². The molecule has 4 heteroatoms. The molecule has 2 bridgehead atoms. The molecule has 18 heavy (non-hydrogen) atoms. The minimum atomic E-state index is -0.777. The monoisotopic (exact) mass is 251 g/mol. The van der Waals surface area contributed by atoms with Gasteiger partial charge in [-0.05, 0) is 25.2 Å². The van der Waals surface area contributed by atoms with Crippen LogP contribution in [0.25, 0.3) is 0 Å². The fraction of sp³-hybridized carbons (Fsp3) is 0.857. The molecular formula is C14H21NO3. The van der Waals surface area contributed by atoms with Crippen LogP contribution in [0.3, 0.4) is 0 Å². The maximum atomic E-state index is 11.9. The first-order chi connectivity index (χ1) is 8.29. The smallest absolute Gasteiger partial charge is 0.334 e. The largest absolute Gasteiger partial charge is 0.454 e. The van der Waals surface area contributed by atoms with Crippen LogP contribution >= 0.6 is 0 Å². The van der Waals surface area contributed by atoms with Crippen molar-refractivity contribution in [3.63, 3.8) is 0 Å². The van der Waals surface area contributed by atoms with Crippen LogP contribution < -0.4 is 0 Å². The van der Waals surface area contributed by atoms with Crippen molar-refractivity contribution >= 4 is 11.7 Å². The molecule has 3 aliphatic rings. The maximum Gasteiger partial charge on any atom is 0.334 e. The van der Waals surface area contributed by atoms with Gasteiger partial charge in [0.25, 0.3) is 0 Å². The summed E-state index contributed by atoms with van der Waals surface area (Å²) < 4.78 is 5.63. The molecule has 1 unspecified atom stereocenters. The molecular weight excluding hydrogens is 230 g/mol. The number of ether oxygens (including phenoxy) is 1. The predicted molar refractivity (Wildman–Crippen MR) is 67.4 cm³/mol. The van der Waals surface area contributed by atoms with Crippen LogP contribution in [0.4, 0.5) is 0 Å². The van der Waals surface area contributed by atoms with Crippen molar-refractivity contribution < 1.29 is 14.6 Å². The Labute approximate surface area is 107 Å². The number of aliphatic imine (C=N–C) groups is 1. The Kier molecular flexibility index (Phi) is 2.26. The van der Waals surface area contributed by atoms with E-state index in [1.165, 1.54) is 0 Å². The number of hydrogen-bond acceptors (Lipinski definition) is 4. The third-order valence-corrected chi connectivity index (χ3v) is 5.72. The first-order valence-electron chi connectivity index (χ1n) is 6.75. The average molecular weight is 251 g/mol. The molecule has 3 rings (SSSR count). The molecule has 0 aromatic heterocycles. The summed E-state index contributed by atoms with van der Waals surface area (Å²) in [6, 6.07) is -0.727. The predicted octanol–water partition coefficient (Wildman–Crippen LogP) is 1.56. The van der Waals surface area contributed by atoms with E-state index in [1.807, 2.05) is 0 Å². The Morgan fingerprint density at radius 3 is 2.72 bits per heavy atom. The van der Waals surface area contributed by atoms with Crippen molar-refractivity contribution in [3.05, 3.63) is 0 Å². The molecule has 5 atom stereocenters. The van der Waals surface area contributed by atoms with Gasteiger partial charge < -0.3 is 9.84 Å². The molecule has 0 amide bonds. The van der Waals surface area contributed by atoms with E-state index in [-0.39, 0.29) is 22.9 Å². The highest BCUT2D eigenvalue weighted by Crippen LogP contribution is 2.65. The van der Waals surface area contributed by atoms with Crippen LogP contribution in [0.2, 0.25) is 0 Å². The highest BCUT2D eigenvalue weighted by atomic mass is 16.6. The molecule has 2 fully saturated rings. The van der Waals surface area contributed by atoms with Gasteiger partial charge in [-0.25, -0.2) is 4.79 Å². The zero-order valence-electron chi connectivity index (χ0n) is 11.4. The molecule has 2 aliphatic carbocycles. The minimum Gasteiger partial charge on any atom is -0.454 e. The van der Waals surface area contributed by atoms with Gasteiger partial charge in [-0.15, -0.1) is 0 Å². The van der Waals surface area contributed by atoms with E-state index in [1.54, 1.807) is 6.92 Å². The van der Waals surface area contributed by atoms with Crippen molar-refractivity contribution in [1.82, 2.24) is 0 Å². The SMILES string of the molecule is C[C@@H](O)[C@H]1N=C2C(OC1=O)[C@]1(C)CC[C@H]2C1(C)C. The number of carbonyl (C=O) groups is 1. The Morgan fingerprint density at radius 1 is 1.44 bits per heavy atom. The molecule has 2 saturated carbocycles. The first kappa shape index (κ1) is 12.2. The van der Waals surface area contributed by atoms with Crippen LogP contribution in [0.5, 0.6) is 0 Å². The molecule has 0 radical (unpaired) electrons. The van der Waals surface area contributed by atoms with Gasteiger partial charge in [-0.3, -0.25) is 4.99 Å². The quantitative estimate of drug-likeness (QED) is 0.719. The molecule has 1 aliphatic heterocycles. The summed E-state index contributed by atoms with van der Waals surface area (Å²) in [4.78, 5) is 16.5. The number of esters is 1. The lowest BCUT2D eigenvalue weighted by atomic mass is 9.70. The number of aliphatic hydroxyl groups excluding tert-OH is 1. The zero-order chi connectivity index (χ0) is 13.3. The van der Waals surface area contributed by atoms with Crippen molar-refractivity contribution in [2.45, 2.75) is 58.8 Å². The Morgan fingerprint density at radius 2 is 2.11 bits per heavy atom. The number of nitrogens with zero attached hydrogens (tertiary/aromatic N) is 1. The van der Waals surface area contributed by atoms with E-state index in [0.29, 0.717) is 5.92 Å². The van der Waals surface area contributed by atoms with Gasteiger partial charge in [-0.1, -0.05) is 20.8 Å². The Hall–Kier alpha value is -0.900. The lowest BCUT2D eigenvalue weighted by Gasteiger charge is -2.39. The number of rotatable bonds is 1. The molecule has 0 aromatic rings. The summed E-state index contributed by atoms with van der Waals surface area (Å²) in [6.07, 6.45) is 1.25. The zero-order valence-corrected chi connectivity index (χ0v) is 11.4. The van der Waals surface area contributed by atoms with Crippen molar-refractivity contribution in [2.75, 3.05) is 0 Å². The second kappa shape index (κ2) is 3.35. The van der Waals surface area contributed by atoms with Crippen LogP contribution in [-0.4, -0.2) is 35.0 Å². The highest BCUT2D eigenvalue weighted by Gasteiger charge is 2.67. The average Bonchev–Trinajstić information content (AvgIpc) is 2.59. The Bertz CT molecular complexity index is 440. The van der Waals surface area contributed by atoms with Crippen molar-refractivity contribution in [2.24, 2.45) is 21.7 Å². The lowest BCUT2D eigenvalue weighted by molar-refractivity contribution is -0.158. The van der Waals surface area contributed by atoms with E-state index < -0.39 is 12.1 Å². The molecule has 1 heterocycles.